The number of ether oxygens (including phenoxy) is 2. The molecule has 0 aliphatic heterocycles. The number of rotatable bonds is 5. The first-order valence-corrected chi connectivity index (χ1v) is 7.33. The molecule has 0 saturated heterocycles. The number of benzene rings is 2. The van der Waals surface area contributed by atoms with Crippen LogP contribution in [0.1, 0.15) is 17.0 Å². The van der Waals surface area contributed by atoms with E-state index in [-0.39, 0.29) is 6.61 Å². The van der Waals surface area contributed by atoms with Gasteiger partial charge in [-0.05, 0) is 55.3 Å². The van der Waals surface area contributed by atoms with E-state index in [9.17, 15) is 0 Å². The first-order chi connectivity index (χ1) is 11.2. The van der Waals surface area contributed by atoms with Gasteiger partial charge < -0.3 is 14.0 Å². The molecule has 1 heterocycles. The normalized spacial score (nSPS) is 10.6. The molecular formula is C18H18N2O3. The monoisotopic (exact) mass is 310 g/mol. The van der Waals surface area contributed by atoms with Gasteiger partial charge in [0.25, 0.3) is 5.89 Å². The van der Waals surface area contributed by atoms with Crippen molar-refractivity contribution in [2.24, 2.45) is 0 Å². The second-order valence-corrected chi connectivity index (χ2v) is 5.23. The highest BCUT2D eigenvalue weighted by Gasteiger charge is 2.10. The average Bonchev–Trinajstić information content (AvgIpc) is 3.05. The van der Waals surface area contributed by atoms with E-state index >= 15 is 0 Å². The highest BCUT2D eigenvalue weighted by molar-refractivity contribution is 5.54. The van der Waals surface area contributed by atoms with Gasteiger partial charge in [-0.1, -0.05) is 17.3 Å². The minimum Gasteiger partial charge on any atom is -0.497 e. The minimum atomic E-state index is 0.268. The zero-order chi connectivity index (χ0) is 16.2. The Morgan fingerprint density at radius 1 is 1.04 bits per heavy atom. The van der Waals surface area contributed by atoms with Crippen LogP contribution in [0.25, 0.3) is 11.5 Å². The van der Waals surface area contributed by atoms with Crippen molar-refractivity contribution in [3.63, 3.8) is 0 Å². The first kappa shape index (κ1) is 15.1. The molecule has 23 heavy (non-hydrogen) atoms. The number of aryl methyl sites for hydroxylation is 1. The lowest BCUT2D eigenvalue weighted by molar-refractivity contribution is 0.285. The van der Waals surface area contributed by atoms with Crippen molar-refractivity contribution in [2.45, 2.75) is 20.5 Å². The lowest BCUT2D eigenvalue weighted by atomic mass is 10.1. The van der Waals surface area contributed by atoms with Crippen LogP contribution in [0.3, 0.4) is 0 Å². The third-order valence-corrected chi connectivity index (χ3v) is 3.72. The lowest BCUT2D eigenvalue weighted by Gasteiger charge is -2.08. The molecule has 5 heteroatoms. The van der Waals surface area contributed by atoms with E-state index in [0.717, 1.165) is 22.6 Å². The second kappa shape index (κ2) is 6.52. The fraction of sp³-hybridized carbons (Fsp3) is 0.222. The topological polar surface area (TPSA) is 57.4 Å². The fourth-order valence-corrected chi connectivity index (χ4v) is 2.19. The van der Waals surface area contributed by atoms with Gasteiger partial charge in [-0.15, -0.1) is 0 Å². The molecule has 0 aliphatic rings. The molecule has 0 aliphatic carbocycles. The van der Waals surface area contributed by atoms with Gasteiger partial charge in [0, 0.05) is 5.56 Å². The Hall–Kier alpha value is -2.82. The molecule has 0 amide bonds. The second-order valence-electron chi connectivity index (χ2n) is 5.23. The average molecular weight is 310 g/mol. The molecule has 0 bridgehead atoms. The van der Waals surface area contributed by atoms with Gasteiger partial charge in [-0.3, -0.25) is 0 Å². The van der Waals surface area contributed by atoms with Crippen LogP contribution < -0.4 is 9.47 Å². The summed E-state index contributed by atoms with van der Waals surface area (Å²) >= 11 is 0. The van der Waals surface area contributed by atoms with Crippen LogP contribution in [0.2, 0.25) is 0 Å². The molecule has 3 aromatic rings. The summed E-state index contributed by atoms with van der Waals surface area (Å²) in [5.41, 5.74) is 3.15. The van der Waals surface area contributed by atoms with E-state index in [0.29, 0.717) is 11.7 Å². The van der Waals surface area contributed by atoms with Gasteiger partial charge in [0.2, 0.25) is 5.82 Å². The Balaban J connectivity index is 1.70. The third kappa shape index (κ3) is 3.34. The molecule has 0 N–H and O–H groups in total. The van der Waals surface area contributed by atoms with Crippen molar-refractivity contribution in [3.8, 4) is 23.0 Å². The smallest absolute Gasteiger partial charge is 0.258 e. The molecule has 0 unspecified atom stereocenters. The Kier molecular flexibility index (Phi) is 4.28. The number of methoxy groups -OCH3 is 1. The van der Waals surface area contributed by atoms with Gasteiger partial charge in [0.05, 0.1) is 7.11 Å². The SMILES string of the molecule is COc1ccc(-c2nc(COc3cccc(C)c3C)no2)cc1. The van der Waals surface area contributed by atoms with Crippen LogP contribution in [0, 0.1) is 13.8 Å². The van der Waals surface area contributed by atoms with E-state index in [4.69, 9.17) is 14.0 Å². The predicted octanol–water partition coefficient (Wildman–Crippen LogP) is 3.94. The maximum atomic E-state index is 5.78. The highest BCUT2D eigenvalue weighted by atomic mass is 16.5. The van der Waals surface area contributed by atoms with Crippen LogP contribution in [-0.4, -0.2) is 17.3 Å². The van der Waals surface area contributed by atoms with Crippen molar-refractivity contribution in [2.75, 3.05) is 7.11 Å². The van der Waals surface area contributed by atoms with Crippen molar-refractivity contribution >= 4 is 0 Å². The molecule has 2 aromatic carbocycles. The molecule has 118 valence electrons. The van der Waals surface area contributed by atoms with Gasteiger partial charge in [-0.2, -0.15) is 4.98 Å². The Morgan fingerprint density at radius 3 is 2.57 bits per heavy atom. The number of hydrogen-bond donors (Lipinski definition) is 0. The van der Waals surface area contributed by atoms with Crippen LogP contribution in [-0.2, 0) is 6.61 Å². The van der Waals surface area contributed by atoms with Gasteiger partial charge >= 0.3 is 0 Å². The largest absolute Gasteiger partial charge is 0.497 e. The standard InChI is InChI=1S/C18H18N2O3/c1-12-5-4-6-16(13(12)2)22-11-17-19-18(23-20-17)14-7-9-15(21-3)10-8-14/h4-10H,11H2,1-3H3. The molecule has 1 aromatic heterocycles. The van der Waals surface area contributed by atoms with E-state index < -0.39 is 0 Å². The van der Waals surface area contributed by atoms with Crippen molar-refractivity contribution in [1.29, 1.82) is 0 Å². The van der Waals surface area contributed by atoms with Gasteiger partial charge in [-0.25, -0.2) is 0 Å². The lowest BCUT2D eigenvalue weighted by Crippen LogP contribution is -1.99. The Labute approximate surface area is 134 Å². The summed E-state index contributed by atoms with van der Waals surface area (Å²) in [4.78, 5) is 4.36. The maximum absolute atomic E-state index is 5.78. The molecule has 0 fully saturated rings. The third-order valence-electron chi connectivity index (χ3n) is 3.72. The number of hydrogen-bond acceptors (Lipinski definition) is 5. The zero-order valence-corrected chi connectivity index (χ0v) is 13.4. The van der Waals surface area contributed by atoms with E-state index in [1.54, 1.807) is 7.11 Å². The fourth-order valence-electron chi connectivity index (χ4n) is 2.19. The Morgan fingerprint density at radius 2 is 1.83 bits per heavy atom. The molecule has 5 nitrogen and oxygen atoms in total. The highest BCUT2D eigenvalue weighted by Crippen LogP contribution is 2.23. The summed E-state index contributed by atoms with van der Waals surface area (Å²) in [5.74, 6) is 2.59. The molecular weight excluding hydrogens is 292 g/mol. The molecule has 3 rings (SSSR count). The number of nitrogens with zero attached hydrogens (tertiary/aromatic N) is 2. The summed E-state index contributed by atoms with van der Waals surface area (Å²) in [7, 11) is 1.63. The van der Waals surface area contributed by atoms with Crippen LogP contribution >= 0.6 is 0 Å². The van der Waals surface area contributed by atoms with E-state index in [1.165, 1.54) is 5.56 Å². The molecule has 0 saturated carbocycles. The maximum Gasteiger partial charge on any atom is 0.258 e. The van der Waals surface area contributed by atoms with Gasteiger partial charge in [0.15, 0.2) is 6.61 Å². The summed E-state index contributed by atoms with van der Waals surface area (Å²) in [5, 5.41) is 3.96. The van der Waals surface area contributed by atoms with E-state index in [1.807, 2.05) is 43.3 Å². The van der Waals surface area contributed by atoms with Gasteiger partial charge in [0.1, 0.15) is 11.5 Å². The molecule has 0 atom stereocenters. The summed E-state index contributed by atoms with van der Waals surface area (Å²) in [6.45, 7) is 4.35. The van der Waals surface area contributed by atoms with E-state index in [2.05, 4.69) is 23.1 Å². The molecule has 0 spiro atoms. The van der Waals surface area contributed by atoms with Crippen LogP contribution in [0.4, 0.5) is 0 Å². The summed E-state index contributed by atoms with van der Waals surface area (Å²) in [6.07, 6.45) is 0. The summed E-state index contributed by atoms with van der Waals surface area (Å²) in [6, 6.07) is 13.4. The quantitative estimate of drug-likeness (QED) is 0.714. The first-order valence-electron chi connectivity index (χ1n) is 7.33. The molecule has 0 radical (unpaired) electrons. The summed E-state index contributed by atoms with van der Waals surface area (Å²) < 4.78 is 16.2. The van der Waals surface area contributed by atoms with Crippen molar-refractivity contribution in [3.05, 3.63) is 59.4 Å². The van der Waals surface area contributed by atoms with Crippen molar-refractivity contribution < 1.29 is 14.0 Å². The van der Waals surface area contributed by atoms with Crippen LogP contribution in [0.5, 0.6) is 11.5 Å². The predicted molar refractivity (Wildman–Crippen MR) is 86.5 cm³/mol. The number of aromatic nitrogens is 2. The Bertz CT molecular complexity index is 794. The zero-order valence-electron chi connectivity index (χ0n) is 13.4. The van der Waals surface area contributed by atoms with Crippen molar-refractivity contribution in [1.82, 2.24) is 10.1 Å². The minimum absolute atomic E-state index is 0.268. The van der Waals surface area contributed by atoms with Crippen LogP contribution in [0.15, 0.2) is 47.0 Å².